The molecule has 4 heteroatoms. The standard InChI is InChI=1S/C6H6.HO3P/c1-2-4-6-5-3-1;1-4(2)3/h1-6H;(H-,1,2,3)/p+1. The Morgan fingerprint density at radius 3 is 1.00 bits per heavy atom. The Morgan fingerprint density at radius 1 is 0.800 bits per heavy atom. The second-order valence-electron chi connectivity index (χ2n) is 1.41. The van der Waals surface area contributed by atoms with Crippen molar-refractivity contribution in [3.05, 3.63) is 36.4 Å². The summed E-state index contributed by atoms with van der Waals surface area (Å²) in [5.41, 5.74) is 0. The van der Waals surface area contributed by atoms with Gasteiger partial charge in [-0.05, 0) is 0 Å². The molecule has 0 saturated carbocycles. The summed E-state index contributed by atoms with van der Waals surface area (Å²) in [5.74, 6) is 0. The number of hydrogen-bond acceptors (Lipinski definition) is 1. The summed E-state index contributed by atoms with van der Waals surface area (Å²) in [7, 11) is -2.87. The lowest BCUT2D eigenvalue weighted by Crippen LogP contribution is -1.47. The van der Waals surface area contributed by atoms with E-state index in [-0.39, 0.29) is 0 Å². The van der Waals surface area contributed by atoms with Gasteiger partial charge in [0, 0.05) is 4.57 Å². The second-order valence-corrected chi connectivity index (χ2v) is 1.91. The molecule has 3 nitrogen and oxygen atoms in total. The summed E-state index contributed by atoms with van der Waals surface area (Å²) < 4.78 is 8.70. The third-order valence-corrected chi connectivity index (χ3v) is 0.667. The van der Waals surface area contributed by atoms with Gasteiger partial charge in [0.15, 0.2) is 0 Å². The largest absolute Gasteiger partial charge is 0.692 e. The number of rotatable bonds is 0. The molecule has 1 rings (SSSR count). The number of benzene rings is 1. The van der Waals surface area contributed by atoms with Crippen LogP contribution in [-0.4, -0.2) is 9.79 Å². The van der Waals surface area contributed by atoms with E-state index in [4.69, 9.17) is 14.4 Å². The molecule has 0 aliphatic rings. The zero-order valence-corrected chi connectivity index (χ0v) is 6.11. The van der Waals surface area contributed by atoms with E-state index in [9.17, 15) is 0 Å². The monoisotopic (exact) mass is 159 g/mol. The predicted molar refractivity (Wildman–Crippen MR) is 38.5 cm³/mol. The Labute approximate surface area is 59.9 Å². The molecular weight excluding hydrogens is 151 g/mol. The van der Waals surface area contributed by atoms with Crippen LogP contribution in [0, 0.1) is 0 Å². The first kappa shape index (κ1) is 9.24. The first-order valence-electron chi connectivity index (χ1n) is 2.58. The maximum Gasteiger partial charge on any atom is 0.692 e. The van der Waals surface area contributed by atoms with Crippen LogP contribution in [0.25, 0.3) is 0 Å². The summed E-state index contributed by atoms with van der Waals surface area (Å²) >= 11 is 0. The van der Waals surface area contributed by atoms with Crippen molar-refractivity contribution in [3.8, 4) is 0 Å². The summed E-state index contributed by atoms with van der Waals surface area (Å²) in [4.78, 5) is 14.2. The molecule has 0 heterocycles. The van der Waals surface area contributed by atoms with Crippen LogP contribution in [-0.2, 0) is 4.57 Å². The molecule has 0 aliphatic carbocycles. The van der Waals surface area contributed by atoms with Crippen LogP contribution in [0.1, 0.15) is 0 Å². The summed E-state index contributed by atoms with van der Waals surface area (Å²) in [6.07, 6.45) is 0. The van der Waals surface area contributed by atoms with Crippen molar-refractivity contribution in [2.75, 3.05) is 0 Å². The van der Waals surface area contributed by atoms with Gasteiger partial charge in [-0.15, -0.1) is 9.79 Å². The lowest BCUT2D eigenvalue weighted by atomic mass is 10.4. The van der Waals surface area contributed by atoms with Gasteiger partial charge in [-0.2, -0.15) is 0 Å². The zero-order valence-electron chi connectivity index (χ0n) is 5.21. The van der Waals surface area contributed by atoms with E-state index in [1.54, 1.807) is 0 Å². The molecule has 0 atom stereocenters. The van der Waals surface area contributed by atoms with Gasteiger partial charge in [0.05, 0.1) is 0 Å². The third kappa shape index (κ3) is 10.3. The maximum absolute atomic E-state index is 8.70. The lowest BCUT2D eigenvalue weighted by Gasteiger charge is -1.69. The van der Waals surface area contributed by atoms with Gasteiger partial charge in [-0.3, -0.25) is 0 Å². The molecule has 0 spiro atoms. The van der Waals surface area contributed by atoms with Crippen molar-refractivity contribution in [3.63, 3.8) is 0 Å². The third-order valence-electron chi connectivity index (χ3n) is 0.667. The van der Waals surface area contributed by atoms with Crippen molar-refractivity contribution in [1.29, 1.82) is 0 Å². The van der Waals surface area contributed by atoms with Gasteiger partial charge in [-0.25, -0.2) is 0 Å². The first-order chi connectivity index (χ1) is 4.73. The smallest absolute Gasteiger partial charge is 0.134 e. The quantitative estimate of drug-likeness (QED) is 0.561. The normalized spacial score (nSPS) is 7.40. The molecule has 1 aromatic carbocycles. The number of hydrogen-bond donors (Lipinski definition) is 2. The Balaban J connectivity index is 0.000000180. The van der Waals surface area contributed by atoms with Crippen molar-refractivity contribution >= 4 is 8.25 Å². The van der Waals surface area contributed by atoms with Crippen LogP contribution in [0.2, 0.25) is 0 Å². The van der Waals surface area contributed by atoms with Gasteiger partial charge in [-0.1, -0.05) is 36.4 Å². The molecule has 54 valence electrons. The van der Waals surface area contributed by atoms with Gasteiger partial charge in [0.1, 0.15) is 0 Å². The van der Waals surface area contributed by atoms with E-state index < -0.39 is 8.25 Å². The van der Waals surface area contributed by atoms with Gasteiger partial charge < -0.3 is 0 Å². The highest BCUT2D eigenvalue weighted by Crippen LogP contribution is 1.98. The molecule has 0 aliphatic heterocycles. The summed E-state index contributed by atoms with van der Waals surface area (Å²) in [6, 6.07) is 12.0. The molecule has 0 amide bonds. The molecule has 0 saturated heterocycles. The Bertz CT molecular complexity index is 145. The van der Waals surface area contributed by atoms with Crippen molar-refractivity contribution in [1.82, 2.24) is 0 Å². The van der Waals surface area contributed by atoms with Gasteiger partial charge in [0.2, 0.25) is 0 Å². The van der Waals surface area contributed by atoms with Crippen LogP contribution in [0.15, 0.2) is 36.4 Å². The van der Waals surface area contributed by atoms with Crippen LogP contribution in [0.5, 0.6) is 0 Å². The van der Waals surface area contributed by atoms with Gasteiger partial charge >= 0.3 is 8.25 Å². The molecule has 1 aromatic rings. The van der Waals surface area contributed by atoms with E-state index >= 15 is 0 Å². The molecule has 10 heavy (non-hydrogen) atoms. The van der Waals surface area contributed by atoms with Crippen molar-refractivity contribution < 1.29 is 14.4 Å². The average molecular weight is 159 g/mol. The van der Waals surface area contributed by atoms with Crippen LogP contribution >= 0.6 is 8.25 Å². The molecule has 0 unspecified atom stereocenters. The topological polar surface area (TPSA) is 57.5 Å². The summed E-state index contributed by atoms with van der Waals surface area (Å²) in [5, 5.41) is 0. The van der Waals surface area contributed by atoms with E-state index in [0.717, 1.165) is 0 Å². The minimum atomic E-state index is -2.87. The fraction of sp³-hybridized carbons (Fsp3) is 0. The predicted octanol–water partition coefficient (Wildman–Crippen LogP) is 1.31. The highest BCUT2D eigenvalue weighted by atomic mass is 31.1. The Kier molecular flexibility index (Phi) is 5.88. The first-order valence-corrected chi connectivity index (χ1v) is 3.75. The fourth-order valence-corrected chi connectivity index (χ4v) is 0.385. The lowest BCUT2D eigenvalue weighted by molar-refractivity contribution is 0.405. The summed E-state index contributed by atoms with van der Waals surface area (Å²) in [6.45, 7) is 0. The van der Waals surface area contributed by atoms with E-state index in [0.29, 0.717) is 0 Å². The van der Waals surface area contributed by atoms with Crippen molar-refractivity contribution in [2.45, 2.75) is 0 Å². The highest BCUT2D eigenvalue weighted by molar-refractivity contribution is 7.30. The molecule has 2 N–H and O–H groups in total. The minimum Gasteiger partial charge on any atom is -0.134 e. The zero-order chi connectivity index (χ0) is 7.82. The minimum absolute atomic E-state index is 2.00. The van der Waals surface area contributed by atoms with Crippen LogP contribution < -0.4 is 0 Å². The maximum atomic E-state index is 8.70. The van der Waals surface area contributed by atoms with Crippen molar-refractivity contribution in [2.24, 2.45) is 0 Å². The Morgan fingerprint density at radius 2 is 0.900 bits per heavy atom. The second kappa shape index (κ2) is 6.36. The molecular formula is C6H8O3P+. The molecule has 0 radical (unpaired) electrons. The molecule has 0 bridgehead atoms. The SMILES string of the molecule is O=[P+](O)O.c1ccccc1. The van der Waals surface area contributed by atoms with Crippen LogP contribution in [0.3, 0.4) is 0 Å². The highest BCUT2D eigenvalue weighted by Gasteiger charge is 1.93. The fourth-order valence-electron chi connectivity index (χ4n) is 0.385. The van der Waals surface area contributed by atoms with E-state index in [1.165, 1.54) is 0 Å². The van der Waals surface area contributed by atoms with E-state index in [1.807, 2.05) is 36.4 Å². The average Bonchev–Trinajstić information content (AvgIpc) is 1.90. The van der Waals surface area contributed by atoms with Gasteiger partial charge in [0.25, 0.3) is 0 Å². The van der Waals surface area contributed by atoms with E-state index in [2.05, 4.69) is 0 Å². The molecule has 0 fully saturated rings. The van der Waals surface area contributed by atoms with Crippen LogP contribution in [0.4, 0.5) is 0 Å². The molecule has 0 aromatic heterocycles. The Hall–Kier alpha value is -0.760.